The minimum Gasteiger partial charge on any atom is -0.465 e. The molecular formula is C21H19N3O3. The van der Waals surface area contributed by atoms with Crippen molar-refractivity contribution >= 4 is 23.3 Å². The van der Waals surface area contributed by atoms with Gasteiger partial charge in [-0.1, -0.05) is 42.5 Å². The predicted octanol–water partition coefficient (Wildman–Crippen LogP) is 3.73. The number of nitrogens with one attached hydrogen (secondary N) is 2. The first-order chi connectivity index (χ1) is 13.2. The van der Waals surface area contributed by atoms with Crippen molar-refractivity contribution in [3.05, 3.63) is 89.7 Å². The van der Waals surface area contributed by atoms with Crippen LogP contribution in [0, 0.1) is 0 Å². The number of anilines is 2. The molecule has 6 nitrogen and oxygen atoms in total. The van der Waals surface area contributed by atoms with E-state index in [2.05, 4.69) is 15.6 Å². The van der Waals surface area contributed by atoms with Crippen LogP contribution in [0.5, 0.6) is 0 Å². The second-order valence-electron chi connectivity index (χ2n) is 5.79. The molecule has 0 atom stereocenters. The van der Waals surface area contributed by atoms with Crippen molar-refractivity contribution in [1.29, 1.82) is 0 Å². The van der Waals surface area contributed by atoms with E-state index < -0.39 is 5.97 Å². The first kappa shape index (κ1) is 18.1. The van der Waals surface area contributed by atoms with Gasteiger partial charge in [-0.15, -0.1) is 0 Å². The molecule has 3 rings (SSSR count). The van der Waals surface area contributed by atoms with Crippen molar-refractivity contribution in [2.45, 2.75) is 6.54 Å². The minimum atomic E-state index is -0.512. The lowest BCUT2D eigenvalue weighted by Crippen LogP contribution is -2.16. The smallest absolute Gasteiger partial charge is 0.339 e. The number of ether oxygens (including phenoxy) is 1. The molecule has 0 saturated heterocycles. The van der Waals surface area contributed by atoms with Crippen LogP contribution in [0.1, 0.15) is 26.3 Å². The van der Waals surface area contributed by atoms with E-state index in [9.17, 15) is 9.59 Å². The third-order valence-corrected chi connectivity index (χ3v) is 3.92. The Morgan fingerprint density at radius 2 is 1.74 bits per heavy atom. The quantitative estimate of drug-likeness (QED) is 0.654. The Bertz CT molecular complexity index is 942. The fourth-order valence-electron chi connectivity index (χ4n) is 2.54. The summed E-state index contributed by atoms with van der Waals surface area (Å²) in [7, 11) is 1.30. The molecule has 2 aromatic carbocycles. The summed E-state index contributed by atoms with van der Waals surface area (Å²) in [4.78, 5) is 28.5. The van der Waals surface area contributed by atoms with Gasteiger partial charge < -0.3 is 15.4 Å². The highest BCUT2D eigenvalue weighted by atomic mass is 16.5. The van der Waals surface area contributed by atoms with Crippen LogP contribution in [-0.4, -0.2) is 24.0 Å². The van der Waals surface area contributed by atoms with Crippen LogP contribution < -0.4 is 10.6 Å². The van der Waals surface area contributed by atoms with Gasteiger partial charge in [-0.25, -0.2) is 4.79 Å². The van der Waals surface area contributed by atoms with Gasteiger partial charge >= 0.3 is 5.97 Å². The van der Waals surface area contributed by atoms with Crippen LogP contribution in [0.2, 0.25) is 0 Å². The summed E-state index contributed by atoms with van der Waals surface area (Å²) in [6.07, 6.45) is 3.13. The lowest BCUT2D eigenvalue weighted by atomic mass is 10.1. The number of carbonyl (C=O) groups is 2. The van der Waals surface area contributed by atoms with E-state index in [1.807, 2.05) is 30.3 Å². The first-order valence-corrected chi connectivity index (χ1v) is 8.39. The maximum atomic E-state index is 12.6. The monoisotopic (exact) mass is 361 g/mol. The maximum absolute atomic E-state index is 12.6. The number of esters is 1. The number of methoxy groups -OCH3 is 1. The summed E-state index contributed by atoms with van der Waals surface area (Å²) >= 11 is 0. The zero-order chi connectivity index (χ0) is 19.1. The van der Waals surface area contributed by atoms with Gasteiger partial charge in [0.25, 0.3) is 5.91 Å². The zero-order valence-corrected chi connectivity index (χ0v) is 14.8. The van der Waals surface area contributed by atoms with E-state index in [0.717, 1.165) is 11.3 Å². The molecule has 27 heavy (non-hydrogen) atoms. The van der Waals surface area contributed by atoms with Gasteiger partial charge in [-0.2, -0.15) is 0 Å². The second kappa shape index (κ2) is 8.62. The van der Waals surface area contributed by atoms with Crippen molar-refractivity contribution in [2.75, 3.05) is 17.7 Å². The van der Waals surface area contributed by atoms with Crippen LogP contribution in [0.4, 0.5) is 11.4 Å². The predicted molar refractivity (Wildman–Crippen MR) is 104 cm³/mol. The minimum absolute atomic E-state index is 0.291. The lowest BCUT2D eigenvalue weighted by molar-refractivity contribution is 0.0602. The molecule has 3 aromatic rings. The molecule has 0 saturated carbocycles. The Hall–Kier alpha value is -3.67. The molecule has 2 N–H and O–H groups in total. The molecular weight excluding hydrogens is 342 g/mol. The second-order valence-corrected chi connectivity index (χ2v) is 5.79. The van der Waals surface area contributed by atoms with E-state index in [1.54, 1.807) is 36.5 Å². The van der Waals surface area contributed by atoms with E-state index in [0.29, 0.717) is 23.4 Å². The fraction of sp³-hybridized carbons (Fsp3) is 0.0952. The van der Waals surface area contributed by atoms with E-state index in [-0.39, 0.29) is 5.91 Å². The number of nitrogens with zero attached hydrogens (tertiary/aromatic N) is 1. The number of amides is 1. The topological polar surface area (TPSA) is 80.3 Å². The molecule has 6 heteroatoms. The Balaban J connectivity index is 1.72. The Morgan fingerprint density at radius 1 is 1.00 bits per heavy atom. The number of aromatic nitrogens is 1. The van der Waals surface area contributed by atoms with Crippen LogP contribution >= 0.6 is 0 Å². The Kier molecular flexibility index (Phi) is 5.79. The van der Waals surface area contributed by atoms with E-state index >= 15 is 0 Å². The molecule has 0 aliphatic carbocycles. The van der Waals surface area contributed by atoms with Crippen LogP contribution in [0.3, 0.4) is 0 Å². The van der Waals surface area contributed by atoms with Crippen LogP contribution in [0.15, 0.2) is 73.1 Å². The van der Waals surface area contributed by atoms with Gasteiger partial charge in [-0.3, -0.25) is 9.78 Å². The van der Waals surface area contributed by atoms with Gasteiger partial charge in [-0.05, 0) is 23.8 Å². The molecule has 0 aliphatic heterocycles. The van der Waals surface area contributed by atoms with Crippen molar-refractivity contribution < 1.29 is 14.3 Å². The molecule has 0 fully saturated rings. The first-order valence-electron chi connectivity index (χ1n) is 8.39. The normalized spacial score (nSPS) is 10.1. The summed E-state index contributed by atoms with van der Waals surface area (Å²) in [5.41, 5.74) is 2.91. The van der Waals surface area contributed by atoms with Gasteiger partial charge in [0.2, 0.25) is 0 Å². The third-order valence-electron chi connectivity index (χ3n) is 3.92. The van der Waals surface area contributed by atoms with E-state index in [1.165, 1.54) is 13.3 Å². The van der Waals surface area contributed by atoms with Gasteiger partial charge in [0.05, 0.1) is 29.6 Å². The summed E-state index contributed by atoms with van der Waals surface area (Å²) in [6.45, 7) is 0.624. The Labute approximate surface area is 157 Å². The highest BCUT2D eigenvalue weighted by Crippen LogP contribution is 2.18. The van der Waals surface area contributed by atoms with Gasteiger partial charge in [0, 0.05) is 18.9 Å². The lowest BCUT2D eigenvalue weighted by Gasteiger charge is -2.11. The van der Waals surface area contributed by atoms with Gasteiger partial charge in [0.1, 0.15) is 0 Å². The standard InChI is InChI=1S/C21H19N3O3/c1-27-21(26)18-9-5-6-10-19(18)24-20(25)16-11-17(14-22-13-16)23-12-15-7-3-2-4-8-15/h2-11,13-14,23H,12H2,1H3,(H,24,25). The number of hydrogen-bond acceptors (Lipinski definition) is 5. The average Bonchev–Trinajstić information content (AvgIpc) is 2.73. The summed E-state index contributed by atoms with van der Waals surface area (Å²) in [5.74, 6) is -0.871. The molecule has 1 aromatic heterocycles. The molecule has 1 heterocycles. The molecule has 0 radical (unpaired) electrons. The summed E-state index contributed by atoms with van der Waals surface area (Å²) < 4.78 is 4.74. The van der Waals surface area contributed by atoms with Crippen molar-refractivity contribution in [1.82, 2.24) is 4.98 Å². The number of carbonyl (C=O) groups excluding carboxylic acids is 2. The molecule has 0 aliphatic rings. The van der Waals surface area contributed by atoms with Crippen molar-refractivity contribution in [3.63, 3.8) is 0 Å². The number of benzene rings is 2. The highest BCUT2D eigenvalue weighted by molar-refractivity contribution is 6.08. The summed E-state index contributed by atoms with van der Waals surface area (Å²) in [5, 5.41) is 5.98. The summed E-state index contributed by atoms with van der Waals surface area (Å²) in [6, 6.07) is 18.3. The average molecular weight is 361 g/mol. The SMILES string of the molecule is COC(=O)c1ccccc1NC(=O)c1cncc(NCc2ccccc2)c1. The Morgan fingerprint density at radius 3 is 2.52 bits per heavy atom. The largest absolute Gasteiger partial charge is 0.465 e. The maximum Gasteiger partial charge on any atom is 0.339 e. The number of hydrogen-bond donors (Lipinski definition) is 2. The molecule has 1 amide bonds. The molecule has 0 spiro atoms. The van der Waals surface area contributed by atoms with Crippen molar-refractivity contribution in [3.8, 4) is 0 Å². The van der Waals surface area contributed by atoms with Crippen molar-refractivity contribution in [2.24, 2.45) is 0 Å². The number of para-hydroxylation sites is 1. The number of pyridine rings is 1. The zero-order valence-electron chi connectivity index (χ0n) is 14.8. The van der Waals surface area contributed by atoms with Crippen LogP contribution in [-0.2, 0) is 11.3 Å². The molecule has 0 bridgehead atoms. The molecule has 136 valence electrons. The number of rotatable bonds is 6. The van der Waals surface area contributed by atoms with Crippen LogP contribution in [0.25, 0.3) is 0 Å². The third kappa shape index (κ3) is 4.70. The van der Waals surface area contributed by atoms with E-state index in [4.69, 9.17) is 4.74 Å². The molecule has 0 unspecified atom stereocenters. The van der Waals surface area contributed by atoms with Gasteiger partial charge in [0.15, 0.2) is 0 Å². The fourth-order valence-corrected chi connectivity index (χ4v) is 2.54. The highest BCUT2D eigenvalue weighted by Gasteiger charge is 2.14.